The first-order valence-electron chi connectivity index (χ1n) is 7.31. The number of anilines is 2. The van der Waals surface area contributed by atoms with Crippen molar-refractivity contribution in [2.24, 2.45) is 0 Å². The van der Waals surface area contributed by atoms with Gasteiger partial charge in [-0.3, -0.25) is 9.59 Å². The average Bonchev–Trinajstić information content (AvgIpc) is 2.50. The van der Waals surface area contributed by atoms with Crippen LogP contribution in [0.4, 0.5) is 11.4 Å². The lowest BCUT2D eigenvalue weighted by Crippen LogP contribution is -2.30. The number of rotatable bonds is 2. The molecule has 2 N–H and O–H groups in total. The topological polar surface area (TPSA) is 58.2 Å². The van der Waals surface area contributed by atoms with Gasteiger partial charge in [-0.05, 0) is 48.7 Å². The van der Waals surface area contributed by atoms with Crippen LogP contribution in [0.25, 0.3) is 0 Å². The summed E-state index contributed by atoms with van der Waals surface area (Å²) < 4.78 is 0. The minimum absolute atomic E-state index is 0.126. The number of aryl methyl sites for hydroxylation is 2. The van der Waals surface area contributed by atoms with Crippen LogP contribution in [0.5, 0.6) is 0 Å². The Morgan fingerprint density at radius 1 is 1.14 bits per heavy atom. The van der Waals surface area contributed by atoms with E-state index in [9.17, 15) is 9.59 Å². The fraction of sp³-hybridized carbons (Fsp3) is 0.222. The van der Waals surface area contributed by atoms with Gasteiger partial charge in [-0.1, -0.05) is 24.3 Å². The van der Waals surface area contributed by atoms with E-state index in [1.165, 1.54) is 5.56 Å². The van der Waals surface area contributed by atoms with Crippen LogP contribution in [0.3, 0.4) is 0 Å². The molecule has 22 heavy (non-hydrogen) atoms. The summed E-state index contributed by atoms with van der Waals surface area (Å²) in [6, 6.07) is 13.3. The van der Waals surface area contributed by atoms with Crippen molar-refractivity contribution in [2.45, 2.75) is 26.2 Å². The Bertz CT molecular complexity index is 753. The summed E-state index contributed by atoms with van der Waals surface area (Å²) in [4.78, 5) is 24.4. The van der Waals surface area contributed by atoms with Gasteiger partial charge in [0.25, 0.3) is 0 Å². The largest absolute Gasteiger partial charge is 0.326 e. The van der Waals surface area contributed by atoms with Gasteiger partial charge in [0, 0.05) is 17.8 Å². The Hall–Kier alpha value is -2.62. The predicted octanol–water partition coefficient (Wildman–Crippen LogP) is 3.37. The molecule has 2 amide bonds. The number of amides is 2. The van der Waals surface area contributed by atoms with Gasteiger partial charge in [0.1, 0.15) is 0 Å². The normalized spacial score (nSPS) is 16.6. The van der Waals surface area contributed by atoms with Gasteiger partial charge in [0.2, 0.25) is 11.8 Å². The highest BCUT2D eigenvalue weighted by Crippen LogP contribution is 2.32. The minimum Gasteiger partial charge on any atom is -0.326 e. The van der Waals surface area contributed by atoms with Gasteiger partial charge in [0.15, 0.2) is 0 Å². The summed E-state index contributed by atoms with van der Waals surface area (Å²) >= 11 is 0. The molecule has 3 rings (SSSR count). The van der Waals surface area contributed by atoms with Crippen LogP contribution in [-0.4, -0.2) is 11.8 Å². The van der Waals surface area contributed by atoms with E-state index in [4.69, 9.17) is 0 Å². The van der Waals surface area contributed by atoms with Gasteiger partial charge in [-0.2, -0.15) is 0 Å². The van der Waals surface area contributed by atoms with Crippen molar-refractivity contribution in [1.29, 1.82) is 0 Å². The first kappa shape index (κ1) is 14.3. The quantitative estimate of drug-likeness (QED) is 0.892. The van der Waals surface area contributed by atoms with Crippen LogP contribution >= 0.6 is 0 Å². The van der Waals surface area contributed by atoms with Crippen molar-refractivity contribution in [2.75, 3.05) is 10.6 Å². The summed E-state index contributed by atoms with van der Waals surface area (Å²) in [5, 5.41) is 5.73. The summed E-state index contributed by atoms with van der Waals surface area (Å²) in [5.74, 6) is -0.726. The van der Waals surface area contributed by atoms with E-state index in [1.807, 2.05) is 56.3 Å². The highest BCUT2D eigenvalue weighted by atomic mass is 16.2. The first-order valence-corrected chi connectivity index (χ1v) is 7.31. The van der Waals surface area contributed by atoms with Gasteiger partial charge in [0.05, 0.1) is 5.92 Å². The van der Waals surface area contributed by atoms with Crippen molar-refractivity contribution in [1.82, 2.24) is 0 Å². The molecule has 112 valence electrons. The number of para-hydroxylation sites is 1. The van der Waals surface area contributed by atoms with Gasteiger partial charge in [-0.25, -0.2) is 0 Å². The molecule has 0 fully saturated rings. The van der Waals surface area contributed by atoms with E-state index < -0.39 is 5.92 Å². The molecule has 4 nitrogen and oxygen atoms in total. The Morgan fingerprint density at radius 3 is 2.68 bits per heavy atom. The lowest BCUT2D eigenvalue weighted by molar-refractivity contribution is -0.123. The van der Waals surface area contributed by atoms with E-state index in [2.05, 4.69) is 10.6 Å². The van der Waals surface area contributed by atoms with Crippen LogP contribution in [0, 0.1) is 13.8 Å². The highest BCUT2D eigenvalue weighted by Gasteiger charge is 2.30. The number of carbonyl (C=O) groups is 2. The maximum atomic E-state index is 12.6. The Kier molecular flexibility index (Phi) is 3.67. The van der Waals surface area contributed by atoms with Gasteiger partial charge in [-0.15, -0.1) is 0 Å². The molecule has 0 bridgehead atoms. The van der Waals surface area contributed by atoms with Crippen LogP contribution in [0.1, 0.15) is 29.0 Å². The zero-order valence-corrected chi connectivity index (χ0v) is 12.6. The van der Waals surface area contributed by atoms with Gasteiger partial charge >= 0.3 is 0 Å². The van der Waals surface area contributed by atoms with Crippen LogP contribution in [0.2, 0.25) is 0 Å². The van der Waals surface area contributed by atoms with Crippen molar-refractivity contribution < 1.29 is 9.59 Å². The SMILES string of the molecule is Cc1ccc(NC(=O)[C@H]2CC(=O)Nc3ccccc32)cc1C. The predicted molar refractivity (Wildman–Crippen MR) is 87.0 cm³/mol. The van der Waals surface area contributed by atoms with E-state index >= 15 is 0 Å². The lowest BCUT2D eigenvalue weighted by atomic mass is 9.89. The number of carbonyl (C=O) groups excluding carboxylic acids is 2. The molecule has 0 spiro atoms. The molecule has 0 saturated carbocycles. The number of benzene rings is 2. The van der Waals surface area contributed by atoms with Crippen LogP contribution in [0.15, 0.2) is 42.5 Å². The van der Waals surface area contributed by atoms with E-state index in [0.29, 0.717) is 0 Å². The second-order valence-corrected chi connectivity index (χ2v) is 5.68. The summed E-state index contributed by atoms with van der Waals surface area (Å²) in [6.45, 7) is 4.04. The minimum atomic E-state index is -0.452. The monoisotopic (exact) mass is 294 g/mol. The summed E-state index contributed by atoms with van der Waals surface area (Å²) in [5.41, 5.74) is 4.65. The van der Waals surface area contributed by atoms with Crippen molar-refractivity contribution in [3.63, 3.8) is 0 Å². The van der Waals surface area contributed by atoms with Gasteiger partial charge < -0.3 is 10.6 Å². The molecule has 1 aliphatic rings. The number of hydrogen-bond acceptors (Lipinski definition) is 2. The Balaban J connectivity index is 1.86. The molecule has 0 aromatic heterocycles. The third kappa shape index (κ3) is 2.72. The standard InChI is InChI=1S/C18H18N2O2/c1-11-7-8-13(9-12(11)2)19-18(22)15-10-17(21)20-16-6-4-3-5-14(15)16/h3-9,15H,10H2,1-2H3,(H,19,22)(H,20,21)/t15-/m0/s1. The number of fused-ring (bicyclic) bond motifs is 1. The second kappa shape index (κ2) is 5.64. The molecule has 1 atom stereocenters. The summed E-state index contributed by atoms with van der Waals surface area (Å²) in [6.07, 6.45) is 0.174. The third-order valence-electron chi connectivity index (χ3n) is 4.09. The molecule has 1 heterocycles. The van der Waals surface area contributed by atoms with Crippen LogP contribution in [-0.2, 0) is 9.59 Å². The smallest absolute Gasteiger partial charge is 0.232 e. The second-order valence-electron chi connectivity index (χ2n) is 5.68. The van der Waals surface area contributed by atoms with Crippen LogP contribution < -0.4 is 10.6 Å². The fourth-order valence-corrected chi connectivity index (χ4v) is 2.69. The third-order valence-corrected chi connectivity index (χ3v) is 4.09. The van der Waals surface area contributed by atoms with Crippen molar-refractivity contribution >= 4 is 23.2 Å². The fourth-order valence-electron chi connectivity index (χ4n) is 2.69. The number of hydrogen-bond donors (Lipinski definition) is 2. The lowest BCUT2D eigenvalue weighted by Gasteiger charge is -2.24. The molecule has 2 aromatic carbocycles. The molecule has 2 aromatic rings. The highest BCUT2D eigenvalue weighted by molar-refractivity contribution is 6.05. The molecule has 0 radical (unpaired) electrons. The van der Waals surface area contributed by atoms with E-state index in [0.717, 1.165) is 22.5 Å². The van der Waals surface area contributed by atoms with E-state index in [1.54, 1.807) is 0 Å². The molecule has 0 saturated heterocycles. The maximum absolute atomic E-state index is 12.6. The molecular formula is C18H18N2O2. The molecule has 4 heteroatoms. The summed E-state index contributed by atoms with van der Waals surface area (Å²) in [7, 11) is 0. The molecular weight excluding hydrogens is 276 g/mol. The van der Waals surface area contributed by atoms with Crippen molar-refractivity contribution in [3.05, 3.63) is 59.2 Å². The number of nitrogens with one attached hydrogen (secondary N) is 2. The molecule has 0 aliphatic carbocycles. The van der Waals surface area contributed by atoms with Crippen molar-refractivity contribution in [3.8, 4) is 0 Å². The average molecular weight is 294 g/mol. The Labute approximate surface area is 129 Å². The zero-order valence-electron chi connectivity index (χ0n) is 12.6. The first-order chi connectivity index (χ1) is 10.5. The maximum Gasteiger partial charge on any atom is 0.232 e. The molecule has 1 aliphatic heterocycles. The van der Waals surface area contributed by atoms with E-state index in [-0.39, 0.29) is 18.2 Å². The Morgan fingerprint density at radius 2 is 1.91 bits per heavy atom. The molecule has 0 unspecified atom stereocenters. The zero-order chi connectivity index (χ0) is 15.7.